The molecule has 0 bridgehead atoms. The molecule has 0 aromatic carbocycles. The molecule has 0 spiro atoms. The smallest absolute Gasteiger partial charge is 0.211 e. The number of piperidine rings is 1. The molecule has 3 heterocycles. The van der Waals surface area contributed by atoms with Gasteiger partial charge < -0.3 is 4.90 Å². The fraction of sp³-hybridized carbons (Fsp3) is 0.571. The van der Waals surface area contributed by atoms with Crippen molar-refractivity contribution in [1.82, 2.24) is 18.9 Å². The van der Waals surface area contributed by atoms with E-state index in [0.29, 0.717) is 6.54 Å². The number of hydrogen-bond donors (Lipinski definition) is 0. The highest BCUT2D eigenvalue weighted by atomic mass is 32.2. The molecule has 0 amide bonds. The van der Waals surface area contributed by atoms with Crippen LogP contribution in [0.15, 0.2) is 18.3 Å². The fourth-order valence-corrected chi connectivity index (χ4v) is 3.69. The van der Waals surface area contributed by atoms with E-state index in [1.807, 2.05) is 23.6 Å². The third-order valence-corrected chi connectivity index (χ3v) is 5.57. The summed E-state index contributed by atoms with van der Waals surface area (Å²) in [5.74, 6) is 0.971. The zero-order chi connectivity index (χ0) is 15.9. The lowest BCUT2D eigenvalue weighted by molar-refractivity contribution is 0.321. The number of aromatic nitrogens is 3. The highest BCUT2D eigenvalue weighted by molar-refractivity contribution is 7.88. The second-order valence-electron chi connectivity index (χ2n) is 5.88. The average molecular weight is 323 g/mol. The highest BCUT2D eigenvalue weighted by Crippen LogP contribution is 2.24. The van der Waals surface area contributed by atoms with Gasteiger partial charge in [0.25, 0.3) is 0 Å². The van der Waals surface area contributed by atoms with E-state index in [4.69, 9.17) is 0 Å². The number of fused-ring (bicyclic) bond motifs is 1. The van der Waals surface area contributed by atoms with Gasteiger partial charge in [0.2, 0.25) is 10.0 Å². The van der Waals surface area contributed by atoms with Gasteiger partial charge in [0, 0.05) is 44.0 Å². The van der Waals surface area contributed by atoms with Gasteiger partial charge in [-0.05, 0) is 19.8 Å². The van der Waals surface area contributed by atoms with Crippen LogP contribution in [0.5, 0.6) is 0 Å². The summed E-state index contributed by atoms with van der Waals surface area (Å²) in [6, 6.07) is 3.87. The maximum absolute atomic E-state index is 11.8. The molecule has 7 nitrogen and oxygen atoms in total. The number of sulfonamides is 1. The van der Waals surface area contributed by atoms with E-state index in [1.165, 1.54) is 10.6 Å². The largest absolute Gasteiger partial charge is 0.355 e. The Kier molecular flexibility index (Phi) is 3.82. The van der Waals surface area contributed by atoms with Crippen LogP contribution in [0.1, 0.15) is 18.5 Å². The predicted molar refractivity (Wildman–Crippen MR) is 85.6 cm³/mol. The first-order valence-electron chi connectivity index (χ1n) is 7.35. The molecule has 2 aromatic heterocycles. The van der Waals surface area contributed by atoms with Gasteiger partial charge in [-0.1, -0.05) is 0 Å². The number of likely N-dealkylation sites (N-methyl/N-ethyl adjacent to an activating group) is 1. The molecule has 1 atom stereocenters. The molecule has 22 heavy (non-hydrogen) atoms. The molecule has 3 rings (SSSR count). The molecular formula is C14H21N5O2S. The lowest BCUT2D eigenvalue weighted by Crippen LogP contribution is -2.48. The Hall–Kier alpha value is -1.67. The van der Waals surface area contributed by atoms with Gasteiger partial charge in [0.1, 0.15) is 5.82 Å². The zero-order valence-corrected chi connectivity index (χ0v) is 13.9. The van der Waals surface area contributed by atoms with E-state index in [-0.39, 0.29) is 6.04 Å². The van der Waals surface area contributed by atoms with Gasteiger partial charge in [0.05, 0.1) is 12.5 Å². The lowest BCUT2D eigenvalue weighted by atomic mass is 10.1. The minimum absolute atomic E-state index is 0.0113. The number of hydrogen-bond acceptors (Lipinski definition) is 5. The standard InChI is InChI=1S/C14H21N5O2S/c1-11-9-14(19-13(16-11)6-7-15-19)18-8-4-5-12(10-18)17(2)22(3,20)21/h6-7,9,12H,4-5,8,10H2,1-3H3. The van der Waals surface area contributed by atoms with Crippen molar-refractivity contribution in [2.24, 2.45) is 0 Å². The molecular weight excluding hydrogens is 302 g/mol. The first-order valence-corrected chi connectivity index (χ1v) is 9.20. The molecule has 1 aliphatic heterocycles. The molecule has 0 aliphatic carbocycles. The summed E-state index contributed by atoms with van der Waals surface area (Å²) in [7, 11) is -1.52. The second-order valence-corrected chi connectivity index (χ2v) is 7.92. The Labute approximate surface area is 130 Å². The van der Waals surface area contributed by atoms with Gasteiger partial charge in [-0.3, -0.25) is 0 Å². The van der Waals surface area contributed by atoms with E-state index < -0.39 is 10.0 Å². The monoisotopic (exact) mass is 323 g/mol. The van der Waals surface area contributed by atoms with Crippen molar-refractivity contribution >= 4 is 21.5 Å². The van der Waals surface area contributed by atoms with Crippen molar-refractivity contribution in [3.8, 4) is 0 Å². The summed E-state index contributed by atoms with van der Waals surface area (Å²) < 4.78 is 26.9. The van der Waals surface area contributed by atoms with Crippen LogP contribution >= 0.6 is 0 Å². The van der Waals surface area contributed by atoms with Crippen LogP contribution in [0, 0.1) is 6.92 Å². The van der Waals surface area contributed by atoms with E-state index in [2.05, 4.69) is 15.0 Å². The van der Waals surface area contributed by atoms with Crippen LogP contribution in [0.25, 0.3) is 5.65 Å². The third-order valence-electron chi connectivity index (χ3n) is 4.23. The Morgan fingerprint density at radius 1 is 1.41 bits per heavy atom. The topological polar surface area (TPSA) is 70.8 Å². The van der Waals surface area contributed by atoms with Crippen molar-refractivity contribution in [3.05, 3.63) is 24.0 Å². The summed E-state index contributed by atoms with van der Waals surface area (Å²) in [5, 5.41) is 4.33. The minimum atomic E-state index is -3.18. The third kappa shape index (κ3) is 2.80. The maximum Gasteiger partial charge on any atom is 0.211 e. The van der Waals surface area contributed by atoms with Crippen LogP contribution in [0.3, 0.4) is 0 Å². The van der Waals surface area contributed by atoms with Gasteiger partial charge >= 0.3 is 0 Å². The predicted octanol–water partition coefficient (Wildman–Crippen LogP) is 0.898. The van der Waals surface area contributed by atoms with Crippen molar-refractivity contribution in [1.29, 1.82) is 0 Å². The highest BCUT2D eigenvalue weighted by Gasteiger charge is 2.29. The molecule has 2 aromatic rings. The van der Waals surface area contributed by atoms with E-state index in [9.17, 15) is 8.42 Å². The first kappa shape index (κ1) is 15.2. The summed E-state index contributed by atoms with van der Waals surface area (Å²) in [5.41, 5.74) is 1.75. The Morgan fingerprint density at radius 2 is 2.18 bits per heavy atom. The van der Waals surface area contributed by atoms with Crippen molar-refractivity contribution in [3.63, 3.8) is 0 Å². The number of rotatable bonds is 3. The molecule has 0 radical (unpaired) electrons. The average Bonchev–Trinajstić information content (AvgIpc) is 2.92. The SMILES string of the molecule is Cc1cc(N2CCCC(N(C)S(C)(=O)=O)C2)n2nccc2n1. The van der Waals surface area contributed by atoms with E-state index in [1.54, 1.807) is 13.2 Å². The minimum Gasteiger partial charge on any atom is -0.355 e. The Morgan fingerprint density at radius 3 is 2.91 bits per heavy atom. The number of anilines is 1. The first-order chi connectivity index (χ1) is 10.4. The van der Waals surface area contributed by atoms with Crippen LogP contribution in [0.2, 0.25) is 0 Å². The maximum atomic E-state index is 11.8. The molecule has 0 N–H and O–H groups in total. The van der Waals surface area contributed by atoms with Crippen molar-refractivity contribution in [2.45, 2.75) is 25.8 Å². The molecule has 1 fully saturated rings. The molecule has 0 saturated carbocycles. The van der Waals surface area contributed by atoms with Crippen molar-refractivity contribution in [2.75, 3.05) is 31.3 Å². The van der Waals surface area contributed by atoms with Crippen LogP contribution < -0.4 is 4.90 Å². The number of aryl methyl sites for hydroxylation is 1. The molecule has 1 aliphatic rings. The summed E-state index contributed by atoms with van der Waals surface area (Å²) >= 11 is 0. The lowest BCUT2D eigenvalue weighted by Gasteiger charge is -2.37. The van der Waals surface area contributed by atoms with Crippen LogP contribution in [-0.2, 0) is 10.0 Å². The van der Waals surface area contributed by atoms with E-state index in [0.717, 1.165) is 36.5 Å². The van der Waals surface area contributed by atoms with Crippen molar-refractivity contribution < 1.29 is 8.42 Å². The summed E-state index contributed by atoms with van der Waals surface area (Å²) in [6.45, 7) is 3.52. The number of nitrogens with zero attached hydrogens (tertiary/aromatic N) is 5. The Bertz CT molecular complexity index is 786. The molecule has 1 saturated heterocycles. The molecule has 1 unspecified atom stereocenters. The van der Waals surface area contributed by atoms with E-state index >= 15 is 0 Å². The molecule has 8 heteroatoms. The zero-order valence-electron chi connectivity index (χ0n) is 13.1. The van der Waals surface area contributed by atoms with Gasteiger partial charge in [-0.15, -0.1) is 0 Å². The quantitative estimate of drug-likeness (QED) is 0.839. The summed E-state index contributed by atoms with van der Waals surface area (Å²) in [6.07, 6.45) is 4.82. The molecule has 120 valence electrons. The Balaban J connectivity index is 1.92. The van der Waals surface area contributed by atoms with Gasteiger partial charge in [0.15, 0.2) is 5.65 Å². The van der Waals surface area contributed by atoms with Crippen LogP contribution in [-0.4, -0.2) is 59.8 Å². The fourth-order valence-electron chi connectivity index (χ4n) is 2.97. The van der Waals surface area contributed by atoms with Crippen LogP contribution in [0.4, 0.5) is 5.82 Å². The second kappa shape index (κ2) is 5.51. The normalized spacial score (nSPS) is 20.0. The van der Waals surface area contributed by atoms with Gasteiger partial charge in [-0.25, -0.2) is 17.7 Å². The summed E-state index contributed by atoms with van der Waals surface area (Å²) in [4.78, 5) is 6.65. The van der Waals surface area contributed by atoms with Gasteiger partial charge in [-0.2, -0.15) is 9.61 Å².